The molecule has 3 heterocycles. The second-order valence-electron chi connectivity index (χ2n) is 4.05. The highest BCUT2D eigenvalue weighted by molar-refractivity contribution is 5.86. The number of nitrogens with zero attached hydrogens (tertiary/aromatic N) is 6. The van der Waals surface area contributed by atoms with E-state index >= 15 is 0 Å². The van der Waals surface area contributed by atoms with Crippen molar-refractivity contribution in [3.63, 3.8) is 0 Å². The molecule has 0 spiro atoms. The maximum absolute atomic E-state index is 11.5. The molecule has 0 bridgehead atoms. The lowest BCUT2D eigenvalue weighted by atomic mass is 10.5. The number of hydrogen-bond acceptors (Lipinski definition) is 6. The van der Waals surface area contributed by atoms with Gasteiger partial charge < -0.3 is 4.74 Å². The Bertz CT molecular complexity index is 714. The Hall–Kier alpha value is -2.77. The Labute approximate surface area is 114 Å². The van der Waals surface area contributed by atoms with Crippen LogP contribution in [-0.4, -0.2) is 42.2 Å². The van der Waals surface area contributed by atoms with Crippen LogP contribution in [0.5, 0.6) is 0 Å². The van der Waals surface area contributed by atoms with Crippen molar-refractivity contribution in [1.82, 2.24) is 29.6 Å². The minimum atomic E-state index is -0.485. The van der Waals surface area contributed by atoms with Gasteiger partial charge in [-0.05, 0) is 19.1 Å². The number of pyridine rings is 1. The van der Waals surface area contributed by atoms with Gasteiger partial charge in [0.2, 0.25) is 0 Å². The van der Waals surface area contributed by atoms with E-state index in [9.17, 15) is 4.79 Å². The maximum atomic E-state index is 11.5. The van der Waals surface area contributed by atoms with Crippen LogP contribution < -0.4 is 0 Å². The quantitative estimate of drug-likeness (QED) is 0.644. The first-order valence-corrected chi connectivity index (χ1v) is 6.14. The van der Waals surface area contributed by atoms with Gasteiger partial charge in [-0.2, -0.15) is 0 Å². The molecule has 0 atom stereocenters. The third-order valence-corrected chi connectivity index (χ3v) is 2.61. The van der Waals surface area contributed by atoms with E-state index in [2.05, 4.69) is 20.4 Å². The summed E-state index contributed by atoms with van der Waals surface area (Å²) < 4.78 is 8.03. The largest absolute Gasteiger partial charge is 0.461 e. The number of rotatable bonds is 4. The van der Waals surface area contributed by atoms with Crippen LogP contribution in [0.2, 0.25) is 0 Å². The van der Waals surface area contributed by atoms with E-state index in [1.165, 1.54) is 10.9 Å². The van der Waals surface area contributed by atoms with Crippen LogP contribution in [0.4, 0.5) is 0 Å². The molecule has 0 unspecified atom stereocenters. The van der Waals surface area contributed by atoms with Gasteiger partial charge in [0.05, 0.1) is 12.8 Å². The van der Waals surface area contributed by atoms with E-state index in [-0.39, 0.29) is 5.69 Å². The van der Waals surface area contributed by atoms with E-state index in [1.54, 1.807) is 11.4 Å². The van der Waals surface area contributed by atoms with Crippen LogP contribution in [0, 0.1) is 0 Å². The summed E-state index contributed by atoms with van der Waals surface area (Å²) in [5.41, 5.74) is 0.934. The van der Waals surface area contributed by atoms with E-state index in [4.69, 9.17) is 4.74 Å². The summed E-state index contributed by atoms with van der Waals surface area (Å²) in [4.78, 5) is 15.8. The van der Waals surface area contributed by atoms with Crippen LogP contribution >= 0.6 is 0 Å². The van der Waals surface area contributed by atoms with Gasteiger partial charge in [-0.3, -0.25) is 0 Å². The first kappa shape index (κ1) is 12.3. The van der Waals surface area contributed by atoms with Crippen molar-refractivity contribution >= 4 is 11.6 Å². The molecule has 8 nitrogen and oxygen atoms in total. The number of aromatic nitrogens is 6. The first-order valence-electron chi connectivity index (χ1n) is 6.14. The molecule has 0 radical (unpaired) electrons. The molecular weight excluding hydrogens is 260 g/mol. The van der Waals surface area contributed by atoms with E-state index in [0.29, 0.717) is 19.0 Å². The summed E-state index contributed by atoms with van der Waals surface area (Å²) in [6.45, 7) is 2.39. The van der Waals surface area contributed by atoms with Crippen molar-refractivity contribution in [2.45, 2.75) is 13.5 Å². The fourth-order valence-corrected chi connectivity index (χ4v) is 1.76. The van der Waals surface area contributed by atoms with Crippen molar-refractivity contribution in [2.75, 3.05) is 6.61 Å². The Morgan fingerprint density at radius 1 is 1.40 bits per heavy atom. The van der Waals surface area contributed by atoms with Crippen LogP contribution in [0.25, 0.3) is 5.65 Å². The van der Waals surface area contributed by atoms with Gasteiger partial charge in [-0.1, -0.05) is 11.3 Å². The number of carbonyl (C=O) groups excluding carboxylic acids is 1. The molecule has 3 rings (SSSR count). The molecular formula is C12H12N6O2. The number of carbonyl (C=O) groups is 1. The average Bonchev–Trinajstić information content (AvgIpc) is 3.05. The van der Waals surface area contributed by atoms with Crippen LogP contribution in [0.15, 0.2) is 30.6 Å². The Kier molecular flexibility index (Phi) is 3.12. The van der Waals surface area contributed by atoms with Gasteiger partial charge >= 0.3 is 5.97 Å². The molecule has 20 heavy (non-hydrogen) atoms. The van der Waals surface area contributed by atoms with E-state index in [1.807, 2.05) is 24.4 Å². The topological polar surface area (TPSA) is 87.2 Å². The molecule has 3 aromatic heterocycles. The van der Waals surface area contributed by atoms with Crippen molar-refractivity contribution in [3.8, 4) is 0 Å². The van der Waals surface area contributed by atoms with Crippen molar-refractivity contribution in [1.29, 1.82) is 0 Å². The number of ether oxygens (including phenoxy) is 1. The average molecular weight is 272 g/mol. The zero-order valence-corrected chi connectivity index (χ0v) is 10.8. The fourth-order valence-electron chi connectivity index (χ4n) is 1.76. The van der Waals surface area contributed by atoms with Gasteiger partial charge in [-0.15, -0.1) is 10.2 Å². The molecule has 0 aliphatic carbocycles. The second kappa shape index (κ2) is 5.08. The summed E-state index contributed by atoms with van der Waals surface area (Å²) in [5, 5.41) is 11.9. The zero-order valence-electron chi connectivity index (χ0n) is 10.8. The smallest absolute Gasteiger partial charge is 0.360 e. The van der Waals surface area contributed by atoms with Crippen molar-refractivity contribution in [3.05, 3.63) is 42.1 Å². The van der Waals surface area contributed by atoms with Crippen molar-refractivity contribution in [2.24, 2.45) is 0 Å². The third-order valence-electron chi connectivity index (χ3n) is 2.61. The van der Waals surface area contributed by atoms with Crippen LogP contribution in [0.1, 0.15) is 23.2 Å². The minimum absolute atomic E-state index is 0.176. The molecule has 0 amide bonds. The second-order valence-corrected chi connectivity index (χ2v) is 4.05. The molecule has 0 N–H and O–H groups in total. The zero-order chi connectivity index (χ0) is 13.9. The highest BCUT2D eigenvalue weighted by atomic mass is 16.5. The molecule has 0 fully saturated rings. The monoisotopic (exact) mass is 272 g/mol. The summed E-state index contributed by atoms with van der Waals surface area (Å²) in [6, 6.07) is 5.63. The number of hydrogen-bond donors (Lipinski definition) is 0. The lowest BCUT2D eigenvalue weighted by Crippen LogP contribution is -2.05. The minimum Gasteiger partial charge on any atom is -0.461 e. The van der Waals surface area contributed by atoms with Crippen LogP contribution in [-0.2, 0) is 11.3 Å². The Balaban J connectivity index is 1.79. The van der Waals surface area contributed by atoms with E-state index < -0.39 is 5.97 Å². The predicted molar refractivity (Wildman–Crippen MR) is 68.1 cm³/mol. The van der Waals surface area contributed by atoms with E-state index in [0.717, 1.165) is 5.65 Å². The highest BCUT2D eigenvalue weighted by Crippen LogP contribution is 2.03. The first-order chi connectivity index (χ1) is 9.76. The molecule has 3 aromatic rings. The van der Waals surface area contributed by atoms with Gasteiger partial charge in [0.1, 0.15) is 6.54 Å². The Morgan fingerprint density at radius 3 is 3.10 bits per heavy atom. The Morgan fingerprint density at radius 2 is 2.30 bits per heavy atom. The van der Waals surface area contributed by atoms with Crippen LogP contribution in [0.3, 0.4) is 0 Å². The van der Waals surface area contributed by atoms with Crippen molar-refractivity contribution < 1.29 is 9.53 Å². The van der Waals surface area contributed by atoms with Gasteiger partial charge in [-0.25, -0.2) is 19.0 Å². The molecule has 0 aliphatic heterocycles. The summed E-state index contributed by atoms with van der Waals surface area (Å²) in [7, 11) is 0. The lowest BCUT2D eigenvalue weighted by Gasteiger charge is -1.95. The molecule has 0 saturated heterocycles. The SMILES string of the molecule is CCOC(=O)c1cn(Cc2nc3ccccn3n2)nn1. The highest BCUT2D eigenvalue weighted by Gasteiger charge is 2.12. The third kappa shape index (κ3) is 2.35. The molecule has 0 aliphatic rings. The standard InChI is InChI=1S/C12H12N6O2/c1-2-20-12(19)9-7-17(16-14-9)8-10-13-11-5-3-4-6-18(11)15-10/h3-7H,2,8H2,1H3. The van der Waals surface area contributed by atoms with Gasteiger partial charge in [0.15, 0.2) is 17.2 Å². The molecule has 0 aromatic carbocycles. The molecule has 102 valence electrons. The summed E-state index contributed by atoms with van der Waals surface area (Å²) >= 11 is 0. The summed E-state index contributed by atoms with van der Waals surface area (Å²) in [6.07, 6.45) is 3.33. The maximum Gasteiger partial charge on any atom is 0.360 e. The van der Waals surface area contributed by atoms with Gasteiger partial charge in [0, 0.05) is 6.20 Å². The normalized spacial score (nSPS) is 10.8. The fraction of sp³-hybridized carbons (Fsp3) is 0.250. The lowest BCUT2D eigenvalue weighted by molar-refractivity contribution is 0.0519. The summed E-state index contributed by atoms with van der Waals surface area (Å²) in [5.74, 6) is 0.109. The molecule has 0 saturated carbocycles. The number of fused-ring (bicyclic) bond motifs is 1. The van der Waals surface area contributed by atoms with Gasteiger partial charge in [0.25, 0.3) is 0 Å². The predicted octanol–water partition coefficient (Wildman–Crippen LogP) is 0.546. The molecule has 8 heteroatoms. The number of esters is 1.